The van der Waals surface area contributed by atoms with E-state index in [9.17, 15) is 0 Å². The molecular weight excluding hydrogens is 198 g/mol. The number of rotatable bonds is 0. The van der Waals surface area contributed by atoms with E-state index in [2.05, 4.69) is 6.58 Å². The number of hydrogen-bond acceptors (Lipinski definition) is 2. The molecule has 74 valence electrons. The SMILES string of the molecule is C=C1CC(N)c2cc(Cl)cc(C)c2O1. The first kappa shape index (κ1) is 9.56. The van der Waals surface area contributed by atoms with Gasteiger partial charge in [-0.25, -0.2) is 0 Å². The van der Waals surface area contributed by atoms with Gasteiger partial charge in [0.25, 0.3) is 0 Å². The van der Waals surface area contributed by atoms with Crippen LogP contribution < -0.4 is 10.5 Å². The Bertz CT molecular complexity index is 401. The number of hydrogen-bond donors (Lipinski definition) is 1. The largest absolute Gasteiger partial charge is 0.462 e. The summed E-state index contributed by atoms with van der Waals surface area (Å²) in [6.07, 6.45) is 0.660. The third-order valence-electron chi connectivity index (χ3n) is 2.36. The van der Waals surface area contributed by atoms with Crippen molar-refractivity contribution in [3.63, 3.8) is 0 Å². The topological polar surface area (TPSA) is 35.2 Å². The molecule has 1 aliphatic heterocycles. The molecule has 1 unspecified atom stereocenters. The lowest BCUT2D eigenvalue weighted by molar-refractivity contribution is 0.355. The van der Waals surface area contributed by atoms with Crippen molar-refractivity contribution in [3.05, 3.63) is 40.6 Å². The van der Waals surface area contributed by atoms with E-state index >= 15 is 0 Å². The second kappa shape index (κ2) is 3.30. The third-order valence-corrected chi connectivity index (χ3v) is 2.58. The maximum absolute atomic E-state index is 5.98. The molecule has 1 aromatic rings. The average Bonchev–Trinajstić information content (AvgIpc) is 2.07. The van der Waals surface area contributed by atoms with Gasteiger partial charge in [-0.2, -0.15) is 0 Å². The highest BCUT2D eigenvalue weighted by Gasteiger charge is 2.22. The smallest absolute Gasteiger partial charge is 0.134 e. The number of halogens is 1. The molecule has 1 heterocycles. The molecule has 0 aromatic heterocycles. The molecule has 0 fully saturated rings. The minimum Gasteiger partial charge on any atom is -0.462 e. The first-order valence-electron chi connectivity index (χ1n) is 4.49. The van der Waals surface area contributed by atoms with Crippen LogP contribution in [0.25, 0.3) is 0 Å². The van der Waals surface area contributed by atoms with Crippen molar-refractivity contribution in [2.24, 2.45) is 5.73 Å². The van der Waals surface area contributed by atoms with Crippen molar-refractivity contribution in [2.45, 2.75) is 19.4 Å². The Morgan fingerprint density at radius 2 is 2.29 bits per heavy atom. The first-order valence-corrected chi connectivity index (χ1v) is 4.87. The molecule has 3 heteroatoms. The van der Waals surface area contributed by atoms with Crippen molar-refractivity contribution in [1.29, 1.82) is 0 Å². The first-order chi connectivity index (χ1) is 6.58. The standard InChI is InChI=1S/C11H12ClNO/c1-6-3-8(12)5-9-10(13)4-7(2)14-11(6)9/h3,5,10H,2,4,13H2,1H3. The third kappa shape index (κ3) is 1.51. The second-order valence-corrected chi connectivity index (χ2v) is 4.03. The zero-order chi connectivity index (χ0) is 10.3. The van der Waals surface area contributed by atoms with Gasteiger partial charge in [0.05, 0.1) is 5.76 Å². The number of ether oxygens (including phenoxy) is 1. The molecule has 0 saturated heterocycles. The maximum Gasteiger partial charge on any atom is 0.134 e. The Balaban J connectivity index is 2.58. The monoisotopic (exact) mass is 209 g/mol. The molecule has 2 N–H and O–H groups in total. The Kier molecular flexibility index (Phi) is 2.25. The quantitative estimate of drug-likeness (QED) is 0.713. The van der Waals surface area contributed by atoms with E-state index in [4.69, 9.17) is 22.1 Å². The van der Waals surface area contributed by atoms with Gasteiger partial charge in [0.15, 0.2) is 0 Å². The Morgan fingerprint density at radius 1 is 1.57 bits per heavy atom. The van der Waals surface area contributed by atoms with Gasteiger partial charge >= 0.3 is 0 Å². The summed E-state index contributed by atoms with van der Waals surface area (Å²) in [7, 11) is 0. The predicted molar refractivity (Wildman–Crippen MR) is 57.5 cm³/mol. The molecule has 1 atom stereocenters. The zero-order valence-corrected chi connectivity index (χ0v) is 8.77. The van der Waals surface area contributed by atoms with Crippen LogP contribution in [-0.4, -0.2) is 0 Å². The molecule has 2 rings (SSSR count). The van der Waals surface area contributed by atoms with Gasteiger partial charge in [0.1, 0.15) is 5.75 Å². The molecule has 1 aromatic carbocycles. The highest BCUT2D eigenvalue weighted by molar-refractivity contribution is 6.30. The highest BCUT2D eigenvalue weighted by Crippen LogP contribution is 2.38. The molecule has 1 aliphatic rings. The Morgan fingerprint density at radius 3 is 3.00 bits per heavy atom. The van der Waals surface area contributed by atoms with Crippen LogP contribution in [0.4, 0.5) is 0 Å². The van der Waals surface area contributed by atoms with Crippen LogP contribution in [0.15, 0.2) is 24.5 Å². The fourth-order valence-electron chi connectivity index (χ4n) is 1.71. The molecule has 2 nitrogen and oxygen atoms in total. The molecular formula is C11H12ClNO. The molecule has 0 radical (unpaired) electrons. The second-order valence-electron chi connectivity index (χ2n) is 3.59. The minimum absolute atomic E-state index is 0.0522. The van der Waals surface area contributed by atoms with Gasteiger partial charge in [-0.15, -0.1) is 0 Å². The van der Waals surface area contributed by atoms with Crippen molar-refractivity contribution in [2.75, 3.05) is 0 Å². The van der Waals surface area contributed by atoms with Gasteiger partial charge < -0.3 is 10.5 Å². The summed E-state index contributed by atoms with van der Waals surface area (Å²) < 4.78 is 5.55. The fraction of sp³-hybridized carbons (Fsp3) is 0.273. The number of fused-ring (bicyclic) bond motifs is 1. The molecule has 0 aliphatic carbocycles. The van der Waals surface area contributed by atoms with Crippen molar-refractivity contribution in [1.82, 2.24) is 0 Å². The summed E-state index contributed by atoms with van der Waals surface area (Å²) in [4.78, 5) is 0. The van der Waals surface area contributed by atoms with E-state index in [-0.39, 0.29) is 6.04 Å². The van der Waals surface area contributed by atoms with Crippen LogP contribution in [0.1, 0.15) is 23.6 Å². The predicted octanol–water partition coefficient (Wildman–Crippen LogP) is 2.94. The van der Waals surface area contributed by atoms with E-state index < -0.39 is 0 Å². The van der Waals surface area contributed by atoms with Gasteiger partial charge in [0, 0.05) is 23.0 Å². The fourth-order valence-corrected chi connectivity index (χ4v) is 1.99. The zero-order valence-electron chi connectivity index (χ0n) is 8.01. The minimum atomic E-state index is -0.0522. The van der Waals surface area contributed by atoms with E-state index in [1.807, 2.05) is 19.1 Å². The Hall–Kier alpha value is -0.990. The average molecular weight is 210 g/mol. The summed E-state index contributed by atoms with van der Waals surface area (Å²) in [5, 5.41) is 0.702. The summed E-state index contributed by atoms with van der Waals surface area (Å²) >= 11 is 5.95. The highest BCUT2D eigenvalue weighted by atomic mass is 35.5. The van der Waals surface area contributed by atoms with Crippen LogP contribution >= 0.6 is 11.6 Å². The number of aryl methyl sites for hydroxylation is 1. The number of benzene rings is 1. The van der Waals surface area contributed by atoms with Gasteiger partial charge in [-0.3, -0.25) is 0 Å². The van der Waals surface area contributed by atoms with E-state index in [0.29, 0.717) is 11.4 Å². The molecule has 0 amide bonds. The maximum atomic E-state index is 5.98. The lowest BCUT2D eigenvalue weighted by Crippen LogP contribution is -2.19. The molecule has 0 saturated carbocycles. The van der Waals surface area contributed by atoms with Crippen LogP contribution in [-0.2, 0) is 0 Å². The van der Waals surface area contributed by atoms with Crippen LogP contribution in [0.3, 0.4) is 0 Å². The lowest BCUT2D eigenvalue weighted by atomic mass is 9.98. The summed E-state index contributed by atoms with van der Waals surface area (Å²) in [6.45, 7) is 5.75. The lowest BCUT2D eigenvalue weighted by Gasteiger charge is -2.25. The number of nitrogens with two attached hydrogens (primary N) is 1. The van der Waals surface area contributed by atoms with Crippen LogP contribution in [0, 0.1) is 6.92 Å². The summed E-state index contributed by atoms with van der Waals surface area (Å²) in [5.74, 6) is 1.54. The summed E-state index contributed by atoms with van der Waals surface area (Å²) in [6, 6.07) is 3.68. The van der Waals surface area contributed by atoms with Crippen molar-refractivity contribution >= 4 is 11.6 Å². The van der Waals surface area contributed by atoms with Gasteiger partial charge in [0.2, 0.25) is 0 Å². The van der Waals surface area contributed by atoms with Gasteiger partial charge in [-0.1, -0.05) is 18.2 Å². The van der Waals surface area contributed by atoms with Crippen LogP contribution in [0.2, 0.25) is 5.02 Å². The molecule has 14 heavy (non-hydrogen) atoms. The van der Waals surface area contributed by atoms with Gasteiger partial charge in [-0.05, 0) is 24.6 Å². The normalized spacial score (nSPS) is 20.2. The van der Waals surface area contributed by atoms with Crippen LogP contribution in [0.5, 0.6) is 5.75 Å². The van der Waals surface area contributed by atoms with E-state index in [0.717, 1.165) is 22.6 Å². The van der Waals surface area contributed by atoms with E-state index in [1.54, 1.807) is 0 Å². The Labute approximate surface area is 88.3 Å². The van der Waals surface area contributed by atoms with E-state index in [1.165, 1.54) is 0 Å². The molecule has 0 spiro atoms. The van der Waals surface area contributed by atoms with Crippen molar-refractivity contribution in [3.8, 4) is 5.75 Å². The van der Waals surface area contributed by atoms with Crippen molar-refractivity contribution < 1.29 is 4.74 Å². The summed E-state index contributed by atoms with van der Waals surface area (Å²) in [5.41, 5.74) is 7.95. The molecule has 0 bridgehead atoms.